The van der Waals surface area contributed by atoms with Crippen molar-refractivity contribution in [2.75, 3.05) is 20.3 Å². The van der Waals surface area contributed by atoms with E-state index in [4.69, 9.17) is 25.8 Å². The molecule has 4 rings (SSSR count). The molecule has 0 bridgehead atoms. The highest BCUT2D eigenvalue weighted by Crippen LogP contribution is 2.35. The smallest absolute Gasteiger partial charge is 0.293 e. The Labute approximate surface area is 217 Å². The molecule has 1 saturated heterocycles. The number of benzene rings is 3. The van der Waals surface area contributed by atoms with Crippen LogP contribution in [0, 0.1) is 12.7 Å². The molecule has 0 saturated carbocycles. The zero-order valence-electron chi connectivity index (χ0n) is 19.6. The first kappa shape index (κ1) is 25.6. The fourth-order valence-electron chi connectivity index (χ4n) is 3.45. The van der Waals surface area contributed by atoms with E-state index in [1.807, 2.05) is 31.2 Å². The highest BCUT2D eigenvalue weighted by Gasteiger charge is 2.34. The number of thioether (sulfide) groups is 1. The van der Waals surface area contributed by atoms with Crippen LogP contribution in [0.1, 0.15) is 16.7 Å². The number of halogens is 2. The lowest BCUT2D eigenvalue weighted by atomic mass is 10.1. The standard InChI is InChI=1S/C27H23ClFNO5S/c1-17-6-9-19(10-7-17)34-13-12-30-26(31)25(36-27(30)32)15-18-8-11-23(33-2)24(14-18)35-16-20-21(28)4-3-5-22(20)29/h3-11,14-15H,12-13,16H2,1-2H3/b25-15-. The Bertz CT molecular complexity index is 1290. The van der Waals surface area contributed by atoms with Crippen molar-refractivity contribution in [3.8, 4) is 17.2 Å². The molecule has 0 unspecified atom stereocenters. The van der Waals surface area contributed by atoms with Crippen LogP contribution < -0.4 is 14.2 Å². The molecule has 9 heteroatoms. The van der Waals surface area contributed by atoms with Crippen molar-refractivity contribution in [2.24, 2.45) is 0 Å². The molecule has 6 nitrogen and oxygen atoms in total. The third-order valence-corrected chi connectivity index (χ3v) is 6.66. The van der Waals surface area contributed by atoms with Gasteiger partial charge in [0.15, 0.2) is 11.5 Å². The minimum absolute atomic E-state index is 0.108. The number of carbonyl (C=O) groups excluding carboxylic acids is 2. The molecule has 1 fully saturated rings. The Morgan fingerprint density at radius 2 is 1.81 bits per heavy atom. The van der Waals surface area contributed by atoms with E-state index in [1.165, 1.54) is 19.2 Å². The van der Waals surface area contributed by atoms with Gasteiger partial charge in [-0.3, -0.25) is 14.5 Å². The molecule has 2 amide bonds. The van der Waals surface area contributed by atoms with Crippen molar-refractivity contribution >= 4 is 40.6 Å². The molecule has 0 spiro atoms. The summed E-state index contributed by atoms with van der Waals surface area (Å²) in [6, 6.07) is 17.0. The van der Waals surface area contributed by atoms with E-state index < -0.39 is 11.7 Å². The lowest BCUT2D eigenvalue weighted by molar-refractivity contribution is -0.123. The zero-order chi connectivity index (χ0) is 25.7. The molecule has 0 atom stereocenters. The van der Waals surface area contributed by atoms with Crippen molar-refractivity contribution in [1.82, 2.24) is 4.90 Å². The molecular weight excluding hydrogens is 505 g/mol. The van der Waals surface area contributed by atoms with E-state index in [2.05, 4.69) is 0 Å². The van der Waals surface area contributed by atoms with E-state index in [0.29, 0.717) is 22.8 Å². The summed E-state index contributed by atoms with van der Waals surface area (Å²) >= 11 is 6.95. The first-order valence-electron chi connectivity index (χ1n) is 11.0. The van der Waals surface area contributed by atoms with Gasteiger partial charge in [0.05, 0.1) is 23.6 Å². The second kappa shape index (κ2) is 11.5. The first-order chi connectivity index (χ1) is 17.4. The summed E-state index contributed by atoms with van der Waals surface area (Å²) in [5.74, 6) is 0.578. The van der Waals surface area contributed by atoms with Gasteiger partial charge in [-0.15, -0.1) is 0 Å². The molecule has 186 valence electrons. The van der Waals surface area contributed by atoms with Crippen LogP contribution in [0.25, 0.3) is 6.08 Å². The largest absolute Gasteiger partial charge is 0.493 e. The quantitative estimate of drug-likeness (QED) is 0.296. The predicted octanol–water partition coefficient (Wildman–Crippen LogP) is 6.49. The van der Waals surface area contributed by atoms with Crippen molar-refractivity contribution in [3.05, 3.63) is 93.1 Å². The summed E-state index contributed by atoms with van der Waals surface area (Å²) in [4.78, 5) is 26.7. The third-order valence-electron chi connectivity index (χ3n) is 5.40. The van der Waals surface area contributed by atoms with Crippen LogP contribution in [0.5, 0.6) is 17.2 Å². The van der Waals surface area contributed by atoms with Gasteiger partial charge in [-0.2, -0.15) is 0 Å². The number of ether oxygens (including phenoxy) is 3. The number of hydrogen-bond acceptors (Lipinski definition) is 6. The summed E-state index contributed by atoms with van der Waals surface area (Å²) < 4.78 is 30.9. The molecule has 1 aliphatic rings. The number of methoxy groups -OCH3 is 1. The van der Waals surface area contributed by atoms with Gasteiger partial charge in [0, 0.05) is 5.56 Å². The molecule has 36 heavy (non-hydrogen) atoms. The number of hydrogen-bond donors (Lipinski definition) is 0. The van der Waals surface area contributed by atoms with Crippen LogP contribution in [-0.4, -0.2) is 36.3 Å². The highest BCUT2D eigenvalue weighted by atomic mass is 35.5. The molecular formula is C27H23ClFNO5S. The monoisotopic (exact) mass is 527 g/mol. The summed E-state index contributed by atoms with van der Waals surface area (Å²) in [5, 5.41) is -0.108. The summed E-state index contributed by atoms with van der Waals surface area (Å²) in [6.07, 6.45) is 1.61. The second-order valence-corrected chi connectivity index (χ2v) is 9.29. The Hall–Kier alpha value is -3.49. The fourth-order valence-corrected chi connectivity index (χ4v) is 4.53. The van der Waals surface area contributed by atoms with Gasteiger partial charge in [-0.25, -0.2) is 4.39 Å². The molecule has 3 aromatic carbocycles. The van der Waals surface area contributed by atoms with Gasteiger partial charge >= 0.3 is 0 Å². The molecule has 0 N–H and O–H groups in total. The molecule has 0 aromatic heterocycles. The van der Waals surface area contributed by atoms with E-state index in [-0.39, 0.29) is 40.5 Å². The molecule has 1 heterocycles. The average molecular weight is 528 g/mol. The maximum absolute atomic E-state index is 14.1. The number of nitrogens with zero attached hydrogens (tertiary/aromatic N) is 1. The highest BCUT2D eigenvalue weighted by molar-refractivity contribution is 8.18. The molecule has 1 aliphatic heterocycles. The lowest BCUT2D eigenvalue weighted by Gasteiger charge is -2.13. The minimum atomic E-state index is -0.474. The summed E-state index contributed by atoms with van der Waals surface area (Å²) in [6.45, 7) is 2.19. The second-order valence-electron chi connectivity index (χ2n) is 7.89. The number of rotatable bonds is 9. The Balaban J connectivity index is 1.44. The SMILES string of the molecule is COc1ccc(/C=C2\SC(=O)N(CCOc3ccc(C)cc3)C2=O)cc1OCc1c(F)cccc1Cl. The predicted molar refractivity (Wildman–Crippen MR) is 138 cm³/mol. The molecule has 3 aromatic rings. The maximum atomic E-state index is 14.1. The van der Waals surface area contributed by atoms with Gasteiger partial charge < -0.3 is 14.2 Å². The van der Waals surface area contributed by atoms with Crippen molar-refractivity contribution in [1.29, 1.82) is 0 Å². The van der Waals surface area contributed by atoms with Gasteiger partial charge in [0.25, 0.3) is 11.1 Å². The van der Waals surface area contributed by atoms with Gasteiger partial charge in [0.1, 0.15) is 24.8 Å². The van der Waals surface area contributed by atoms with Crippen molar-refractivity contribution in [2.45, 2.75) is 13.5 Å². The van der Waals surface area contributed by atoms with Gasteiger partial charge in [-0.1, -0.05) is 41.4 Å². The number of aryl methyl sites for hydroxylation is 1. The zero-order valence-corrected chi connectivity index (χ0v) is 21.2. The molecule has 0 aliphatic carbocycles. The van der Waals surface area contributed by atoms with E-state index in [9.17, 15) is 14.0 Å². The number of imide groups is 1. The van der Waals surface area contributed by atoms with Crippen LogP contribution in [-0.2, 0) is 11.4 Å². The first-order valence-corrected chi connectivity index (χ1v) is 12.2. The summed E-state index contributed by atoms with van der Waals surface area (Å²) in [7, 11) is 1.49. The number of carbonyl (C=O) groups is 2. The van der Waals surface area contributed by atoms with Crippen LogP contribution >= 0.6 is 23.4 Å². The normalized spacial score (nSPS) is 14.4. The van der Waals surface area contributed by atoms with Crippen LogP contribution in [0.4, 0.5) is 9.18 Å². The minimum Gasteiger partial charge on any atom is -0.493 e. The number of amides is 2. The van der Waals surface area contributed by atoms with Gasteiger partial charge in [-0.05, 0) is 66.7 Å². The fraction of sp³-hybridized carbons (Fsp3) is 0.185. The van der Waals surface area contributed by atoms with E-state index >= 15 is 0 Å². The Kier molecular flexibility index (Phi) is 8.18. The topological polar surface area (TPSA) is 65.1 Å². The van der Waals surface area contributed by atoms with E-state index in [1.54, 1.807) is 30.3 Å². The van der Waals surface area contributed by atoms with Crippen LogP contribution in [0.3, 0.4) is 0 Å². The van der Waals surface area contributed by atoms with Gasteiger partial charge in [0.2, 0.25) is 0 Å². The Morgan fingerprint density at radius 1 is 1.03 bits per heavy atom. The van der Waals surface area contributed by atoms with Crippen LogP contribution in [0.15, 0.2) is 65.6 Å². The average Bonchev–Trinajstić information content (AvgIpc) is 3.12. The third kappa shape index (κ3) is 6.01. The van der Waals surface area contributed by atoms with E-state index in [0.717, 1.165) is 22.2 Å². The summed E-state index contributed by atoms with van der Waals surface area (Å²) in [5.41, 5.74) is 1.95. The maximum Gasteiger partial charge on any atom is 0.293 e. The lowest BCUT2D eigenvalue weighted by Crippen LogP contribution is -2.32. The molecule has 0 radical (unpaired) electrons. The van der Waals surface area contributed by atoms with Crippen molar-refractivity contribution in [3.63, 3.8) is 0 Å². The Morgan fingerprint density at radius 3 is 2.53 bits per heavy atom. The van der Waals surface area contributed by atoms with Crippen LogP contribution in [0.2, 0.25) is 5.02 Å². The van der Waals surface area contributed by atoms with Crippen molar-refractivity contribution < 1.29 is 28.2 Å².